The summed E-state index contributed by atoms with van der Waals surface area (Å²) in [7, 11) is 1.18. The van der Waals surface area contributed by atoms with Gasteiger partial charge in [0.1, 0.15) is 0 Å². The lowest BCUT2D eigenvalue weighted by atomic mass is 10.0. The molecule has 0 aliphatic rings. The lowest BCUT2D eigenvalue weighted by Gasteiger charge is -2.13. The molecule has 0 radical (unpaired) electrons. The number of nitrogens with one attached hydrogen (secondary N) is 2. The molecule has 0 atom stereocenters. The molecule has 12 heteroatoms. The Morgan fingerprint density at radius 3 is 1.84 bits per heavy atom. The van der Waals surface area contributed by atoms with Crippen molar-refractivity contribution in [3.05, 3.63) is 34.9 Å². The van der Waals surface area contributed by atoms with E-state index in [2.05, 4.69) is 4.74 Å². The molecule has 0 heterocycles. The molecule has 0 spiro atoms. The third-order valence-corrected chi connectivity index (χ3v) is 2.64. The number of halogens is 6. The third-order valence-electron chi connectivity index (χ3n) is 2.64. The van der Waals surface area contributed by atoms with Crippen molar-refractivity contribution in [2.75, 3.05) is 13.7 Å². The standard InChI is InChI=1S/C13H10F6N2O4/c1-20-11(24)21-9(22)5-25-10(23)6-2-7(12(14,15)16)4-8(3-6)13(17,18)19/h2-4H,5H2,1H3,(H2,20,21,22,24). The molecule has 1 aromatic carbocycles. The average molecular weight is 372 g/mol. The number of carbonyl (C=O) groups excluding carboxylic acids is 3. The number of esters is 1. The van der Waals surface area contributed by atoms with Gasteiger partial charge in [0.15, 0.2) is 6.61 Å². The lowest BCUT2D eigenvalue weighted by Crippen LogP contribution is -2.39. The molecular formula is C13H10F6N2O4. The molecule has 1 aromatic rings. The van der Waals surface area contributed by atoms with Crippen LogP contribution in [0.3, 0.4) is 0 Å². The Hall–Kier alpha value is -2.79. The van der Waals surface area contributed by atoms with Gasteiger partial charge >= 0.3 is 24.4 Å². The minimum Gasteiger partial charge on any atom is -0.452 e. The zero-order valence-corrected chi connectivity index (χ0v) is 12.3. The fourth-order valence-corrected chi connectivity index (χ4v) is 1.51. The number of urea groups is 1. The first-order valence-electron chi connectivity index (χ1n) is 6.32. The largest absolute Gasteiger partial charge is 0.452 e. The van der Waals surface area contributed by atoms with Crippen LogP contribution in [0.1, 0.15) is 21.5 Å². The highest BCUT2D eigenvalue weighted by atomic mass is 19.4. The molecule has 0 aliphatic heterocycles. The van der Waals surface area contributed by atoms with E-state index < -0.39 is 53.6 Å². The molecule has 3 amide bonds. The van der Waals surface area contributed by atoms with E-state index in [0.29, 0.717) is 0 Å². The normalized spacial score (nSPS) is 11.6. The molecule has 138 valence electrons. The number of imide groups is 1. The predicted molar refractivity (Wildman–Crippen MR) is 69.3 cm³/mol. The second-order valence-electron chi connectivity index (χ2n) is 4.50. The Morgan fingerprint density at radius 2 is 1.44 bits per heavy atom. The van der Waals surface area contributed by atoms with Gasteiger partial charge in [-0.3, -0.25) is 10.1 Å². The van der Waals surface area contributed by atoms with Crippen LogP contribution in [0.15, 0.2) is 18.2 Å². The predicted octanol–water partition coefficient (Wildman–Crippen LogP) is 2.34. The van der Waals surface area contributed by atoms with Crippen LogP contribution in [-0.4, -0.2) is 31.6 Å². The zero-order chi connectivity index (χ0) is 19.4. The maximum absolute atomic E-state index is 12.7. The number of rotatable bonds is 3. The highest BCUT2D eigenvalue weighted by Crippen LogP contribution is 2.36. The van der Waals surface area contributed by atoms with Crippen LogP contribution in [0.2, 0.25) is 0 Å². The van der Waals surface area contributed by atoms with E-state index in [4.69, 9.17) is 0 Å². The number of ether oxygens (including phenoxy) is 1. The van der Waals surface area contributed by atoms with Crippen molar-refractivity contribution in [1.82, 2.24) is 10.6 Å². The fraction of sp³-hybridized carbons (Fsp3) is 0.308. The molecule has 0 saturated carbocycles. The van der Waals surface area contributed by atoms with Gasteiger partial charge in [0.2, 0.25) is 0 Å². The van der Waals surface area contributed by atoms with Gasteiger partial charge in [-0.1, -0.05) is 0 Å². The fourth-order valence-electron chi connectivity index (χ4n) is 1.51. The Labute approximate surface area is 136 Å². The van der Waals surface area contributed by atoms with Crippen molar-refractivity contribution in [3.63, 3.8) is 0 Å². The Balaban J connectivity index is 3.01. The molecule has 1 rings (SSSR count). The van der Waals surface area contributed by atoms with Crippen molar-refractivity contribution in [2.24, 2.45) is 0 Å². The topological polar surface area (TPSA) is 84.5 Å². The van der Waals surface area contributed by atoms with Crippen molar-refractivity contribution >= 4 is 17.9 Å². The number of hydrogen-bond acceptors (Lipinski definition) is 4. The van der Waals surface area contributed by atoms with E-state index in [-0.39, 0.29) is 18.2 Å². The summed E-state index contributed by atoms with van der Waals surface area (Å²) in [5.74, 6) is -2.72. The number of alkyl halides is 6. The van der Waals surface area contributed by atoms with Crippen molar-refractivity contribution in [1.29, 1.82) is 0 Å². The Bertz CT molecular complexity index is 652. The van der Waals surface area contributed by atoms with Crippen molar-refractivity contribution in [2.45, 2.75) is 12.4 Å². The van der Waals surface area contributed by atoms with Crippen molar-refractivity contribution in [3.8, 4) is 0 Å². The molecule has 0 unspecified atom stereocenters. The zero-order valence-electron chi connectivity index (χ0n) is 12.3. The first-order chi connectivity index (χ1) is 11.3. The summed E-state index contributed by atoms with van der Waals surface area (Å²) in [4.78, 5) is 33.6. The monoisotopic (exact) mass is 372 g/mol. The molecule has 0 bridgehead atoms. The number of amides is 3. The van der Waals surface area contributed by atoms with Crippen LogP contribution < -0.4 is 10.6 Å². The third kappa shape index (κ3) is 5.97. The van der Waals surface area contributed by atoms with Crippen LogP contribution >= 0.6 is 0 Å². The van der Waals surface area contributed by atoms with E-state index in [1.807, 2.05) is 5.32 Å². The minimum absolute atomic E-state index is 0.158. The highest BCUT2D eigenvalue weighted by molar-refractivity contribution is 5.97. The summed E-state index contributed by atoms with van der Waals surface area (Å²) in [5, 5.41) is 3.68. The Kier molecular flexibility index (Phi) is 6.00. The lowest BCUT2D eigenvalue weighted by molar-refractivity contribution is -0.143. The molecule has 0 fully saturated rings. The molecule has 0 aliphatic carbocycles. The van der Waals surface area contributed by atoms with Crippen LogP contribution in [0.5, 0.6) is 0 Å². The van der Waals surface area contributed by atoms with Gasteiger partial charge in [0, 0.05) is 7.05 Å². The Morgan fingerprint density at radius 1 is 0.960 bits per heavy atom. The summed E-state index contributed by atoms with van der Waals surface area (Å²) in [5.41, 5.74) is -4.46. The van der Waals surface area contributed by atoms with E-state index >= 15 is 0 Å². The van der Waals surface area contributed by atoms with E-state index in [1.54, 1.807) is 5.32 Å². The van der Waals surface area contributed by atoms with Gasteiger partial charge in [-0.2, -0.15) is 26.3 Å². The minimum atomic E-state index is -5.13. The number of benzene rings is 1. The van der Waals surface area contributed by atoms with Gasteiger partial charge in [-0.05, 0) is 18.2 Å². The summed E-state index contributed by atoms with van der Waals surface area (Å²) in [6, 6.07) is -0.781. The quantitative estimate of drug-likeness (QED) is 0.630. The molecule has 0 aromatic heterocycles. The molecule has 6 nitrogen and oxygen atoms in total. The summed E-state index contributed by atoms with van der Waals surface area (Å²) in [6.45, 7) is -1.08. The van der Waals surface area contributed by atoms with Gasteiger partial charge in [-0.25, -0.2) is 9.59 Å². The summed E-state index contributed by atoms with van der Waals surface area (Å²) >= 11 is 0. The maximum Gasteiger partial charge on any atom is 0.416 e. The molecular weight excluding hydrogens is 362 g/mol. The van der Waals surface area contributed by atoms with Gasteiger partial charge in [0.05, 0.1) is 16.7 Å². The van der Waals surface area contributed by atoms with E-state index in [0.717, 1.165) is 0 Å². The second kappa shape index (κ2) is 7.40. The first-order valence-corrected chi connectivity index (χ1v) is 6.32. The van der Waals surface area contributed by atoms with Crippen LogP contribution in [0.4, 0.5) is 31.1 Å². The number of hydrogen-bond donors (Lipinski definition) is 2. The van der Waals surface area contributed by atoms with Gasteiger partial charge in [-0.15, -0.1) is 0 Å². The first kappa shape index (κ1) is 20.3. The SMILES string of the molecule is CNC(=O)NC(=O)COC(=O)c1cc(C(F)(F)F)cc(C(F)(F)F)c1. The van der Waals surface area contributed by atoms with E-state index in [9.17, 15) is 40.7 Å². The number of carbonyl (C=O) groups is 3. The average Bonchev–Trinajstić information content (AvgIpc) is 2.50. The molecule has 0 saturated heterocycles. The van der Waals surface area contributed by atoms with Gasteiger partial charge < -0.3 is 10.1 Å². The van der Waals surface area contributed by atoms with E-state index in [1.165, 1.54) is 7.05 Å². The smallest absolute Gasteiger partial charge is 0.416 e. The highest BCUT2D eigenvalue weighted by Gasteiger charge is 2.37. The summed E-state index contributed by atoms with van der Waals surface area (Å²) in [6.07, 6.45) is -10.3. The van der Waals surface area contributed by atoms with Crippen molar-refractivity contribution < 1.29 is 45.5 Å². The van der Waals surface area contributed by atoms with Crippen LogP contribution in [0, 0.1) is 0 Å². The molecule has 25 heavy (non-hydrogen) atoms. The molecule has 2 N–H and O–H groups in total. The summed E-state index contributed by atoms with van der Waals surface area (Å²) < 4.78 is 80.3. The van der Waals surface area contributed by atoms with Crippen LogP contribution in [-0.2, 0) is 21.9 Å². The van der Waals surface area contributed by atoms with Crippen LogP contribution in [0.25, 0.3) is 0 Å². The second-order valence-corrected chi connectivity index (χ2v) is 4.50. The van der Waals surface area contributed by atoms with Gasteiger partial charge in [0.25, 0.3) is 5.91 Å². The maximum atomic E-state index is 12.7.